The molecule has 1 fully saturated rings. The molecular weight excluding hydrogens is 150 g/mol. The van der Waals surface area contributed by atoms with E-state index >= 15 is 0 Å². The highest BCUT2D eigenvalue weighted by Crippen LogP contribution is 2.11. The maximum Gasteiger partial charge on any atom is 0.157 e. The predicted octanol–water partition coefficient (Wildman–Crippen LogP) is -0.219. The lowest BCUT2D eigenvalue weighted by Gasteiger charge is -2.25. The summed E-state index contributed by atoms with van der Waals surface area (Å²) in [7, 11) is -2.80. The fourth-order valence-corrected chi connectivity index (χ4v) is 2.61. The second-order valence-corrected chi connectivity index (χ2v) is 5.66. The SMILES string of the molecule is CC1CNCC(C)S1(=O)=O. The van der Waals surface area contributed by atoms with Gasteiger partial charge in [0.25, 0.3) is 0 Å². The van der Waals surface area contributed by atoms with Crippen molar-refractivity contribution in [2.45, 2.75) is 24.3 Å². The van der Waals surface area contributed by atoms with Gasteiger partial charge in [-0.3, -0.25) is 0 Å². The quantitative estimate of drug-likeness (QED) is 0.537. The van der Waals surface area contributed by atoms with Gasteiger partial charge in [0.1, 0.15) is 0 Å². The summed E-state index contributed by atoms with van der Waals surface area (Å²) < 4.78 is 22.5. The van der Waals surface area contributed by atoms with Crippen LogP contribution in [0.15, 0.2) is 0 Å². The predicted molar refractivity (Wildman–Crippen MR) is 40.7 cm³/mol. The van der Waals surface area contributed by atoms with Gasteiger partial charge in [-0.1, -0.05) is 0 Å². The lowest BCUT2D eigenvalue weighted by molar-refractivity contribution is 0.529. The monoisotopic (exact) mass is 163 g/mol. The Morgan fingerprint density at radius 2 is 1.60 bits per heavy atom. The van der Waals surface area contributed by atoms with Crippen molar-refractivity contribution in [3.63, 3.8) is 0 Å². The van der Waals surface area contributed by atoms with Crippen LogP contribution in [0.5, 0.6) is 0 Å². The molecule has 1 heterocycles. The molecule has 0 radical (unpaired) electrons. The summed E-state index contributed by atoms with van der Waals surface area (Å²) in [5.41, 5.74) is 0. The second-order valence-electron chi connectivity index (χ2n) is 2.87. The van der Waals surface area contributed by atoms with Crippen LogP contribution in [-0.2, 0) is 9.84 Å². The average molecular weight is 163 g/mol. The first kappa shape index (κ1) is 8.01. The van der Waals surface area contributed by atoms with Gasteiger partial charge in [0.2, 0.25) is 0 Å². The van der Waals surface area contributed by atoms with E-state index in [4.69, 9.17) is 0 Å². The van der Waals surface area contributed by atoms with Crippen molar-refractivity contribution in [1.82, 2.24) is 5.32 Å². The molecule has 2 unspecified atom stereocenters. The van der Waals surface area contributed by atoms with Crippen LogP contribution in [0.25, 0.3) is 0 Å². The van der Waals surface area contributed by atoms with Crippen LogP contribution in [0, 0.1) is 0 Å². The Morgan fingerprint density at radius 1 is 1.20 bits per heavy atom. The molecule has 0 aromatic rings. The molecule has 0 bridgehead atoms. The lowest BCUT2D eigenvalue weighted by atomic mass is 10.4. The minimum Gasteiger partial charge on any atom is -0.314 e. The van der Waals surface area contributed by atoms with Gasteiger partial charge in [-0.2, -0.15) is 0 Å². The Hall–Kier alpha value is -0.0900. The first-order valence-corrected chi connectivity index (χ1v) is 5.09. The summed E-state index contributed by atoms with van der Waals surface area (Å²) in [4.78, 5) is 0. The fraction of sp³-hybridized carbons (Fsp3) is 1.00. The zero-order valence-electron chi connectivity index (χ0n) is 6.29. The molecule has 1 rings (SSSR count). The third-order valence-electron chi connectivity index (χ3n) is 1.99. The van der Waals surface area contributed by atoms with Crippen molar-refractivity contribution in [3.05, 3.63) is 0 Å². The fourth-order valence-electron chi connectivity index (χ4n) is 1.12. The maximum absolute atomic E-state index is 11.3. The Bertz CT molecular complexity index is 194. The summed E-state index contributed by atoms with van der Waals surface area (Å²) in [6.45, 7) is 4.70. The molecule has 0 amide bonds. The summed E-state index contributed by atoms with van der Waals surface area (Å²) in [5, 5.41) is 2.64. The van der Waals surface area contributed by atoms with E-state index in [0.717, 1.165) is 0 Å². The zero-order valence-corrected chi connectivity index (χ0v) is 7.11. The van der Waals surface area contributed by atoms with E-state index in [9.17, 15) is 8.42 Å². The smallest absolute Gasteiger partial charge is 0.157 e. The molecule has 1 aliphatic rings. The van der Waals surface area contributed by atoms with Crippen molar-refractivity contribution >= 4 is 9.84 Å². The van der Waals surface area contributed by atoms with Crippen molar-refractivity contribution in [2.75, 3.05) is 13.1 Å². The van der Waals surface area contributed by atoms with Crippen molar-refractivity contribution in [2.24, 2.45) is 0 Å². The highest BCUT2D eigenvalue weighted by atomic mass is 32.2. The minimum absolute atomic E-state index is 0.212. The molecule has 0 aromatic carbocycles. The summed E-state index contributed by atoms with van der Waals surface area (Å²) >= 11 is 0. The molecule has 1 aliphatic heterocycles. The normalized spacial score (nSPS) is 39.4. The van der Waals surface area contributed by atoms with E-state index in [2.05, 4.69) is 5.32 Å². The van der Waals surface area contributed by atoms with Crippen LogP contribution in [0.3, 0.4) is 0 Å². The topological polar surface area (TPSA) is 46.2 Å². The Kier molecular flexibility index (Phi) is 2.01. The van der Waals surface area contributed by atoms with Crippen LogP contribution in [-0.4, -0.2) is 32.0 Å². The Morgan fingerprint density at radius 3 is 1.90 bits per heavy atom. The minimum atomic E-state index is -2.80. The molecule has 1 saturated heterocycles. The van der Waals surface area contributed by atoms with E-state index in [0.29, 0.717) is 13.1 Å². The first-order chi connectivity index (χ1) is 4.55. The molecule has 1 N–H and O–H groups in total. The van der Waals surface area contributed by atoms with E-state index in [1.54, 1.807) is 13.8 Å². The molecule has 0 saturated carbocycles. The summed E-state index contributed by atoms with van der Waals surface area (Å²) in [6, 6.07) is 0. The molecule has 0 spiro atoms. The molecule has 0 aromatic heterocycles. The summed E-state index contributed by atoms with van der Waals surface area (Å²) in [6.07, 6.45) is 0. The van der Waals surface area contributed by atoms with Gasteiger partial charge < -0.3 is 5.32 Å². The van der Waals surface area contributed by atoms with E-state index in [1.807, 2.05) is 0 Å². The van der Waals surface area contributed by atoms with Gasteiger partial charge in [-0.05, 0) is 13.8 Å². The highest BCUT2D eigenvalue weighted by molar-refractivity contribution is 7.92. The van der Waals surface area contributed by atoms with Gasteiger partial charge in [0.05, 0.1) is 10.5 Å². The Labute approximate surface area is 61.7 Å². The van der Waals surface area contributed by atoms with Gasteiger partial charge in [0, 0.05) is 13.1 Å². The number of nitrogens with one attached hydrogen (secondary N) is 1. The van der Waals surface area contributed by atoms with E-state index in [-0.39, 0.29) is 10.5 Å². The first-order valence-electron chi connectivity index (χ1n) is 3.48. The van der Waals surface area contributed by atoms with Gasteiger partial charge in [-0.15, -0.1) is 0 Å². The molecule has 60 valence electrons. The maximum atomic E-state index is 11.3. The van der Waals surface area contributed by atoms with Crippen molar-refractivity contribution in [1.29, 1.82) is 0 Å². The highest BCUT2D eigenvalue weighted by Gasteiger charge is 2.30. The van der Waals surface area contributed by atoms with E-state index in [1.165, 1.54) is 0 Å². The van der Waals surface area contributed by atoms with Crippen LogP contribution < -0.4 is 5.32 Å². The van der Waals surface area contributed by atoms with Crippen molar-refractivity contribution < 1.29 is 8.42 Å². The van der Waals surface area contributed by atoms with Crippen LogP contribution >= 0.6 is 0 Å². The van der Waals surface area contributed by atoms with Gasteiger partial charge in [0.15, 0.2) is 9.84 Å². The number of hydrogen-bond acceptors (Lipinski definition) is 3. The average Bonchev–Trinajstić information content (AvgIpc) is 1.84. The number of hydrogen-bond donors (Lipinski definition) is 1. The third-order valence-corrected chi connectivity index (χ3v) is 4.56. The molecule has 2 atom stereocenters. The van der Waals surface area contributed by atoms with Crippen LogP contribution in [0.4, 0.5) is 0 Å². The van der Waals surface area contributed by atoms with Crippen molar-refractivity contribution in [3.8, 4) is 0 Å². The molecule has 4 heteroatoms. The standard InChI is InChI=1S/C6H13NO2S/c1-5-3-7-4-6(2)10(5,8)9/h5-7H,3-4H2,1-2H3. The van der Waals surface area contributed by atoms with Crippen LogP contribution in [0.1, 0.15) is 13.8 Å². The molecule has 0 aliphatic carbocycles. The van der Waals surface area contributed by atoms with Gasteiger partial charge >= 0.3 is 0 Å². The molecule has 10 heavy (non-hydrogen) atoms. The van der Waals surface area contributed by atoms with Crippen LogP contribution in [0.2, 0.25) is 0 Å². The zero-order chi connectivity index (χ0) is 7.78. The number of rotatable bonds is 0. The largest absolute Gasteiger partial charge is 0.314 e. The van der Waals surface area contributed by atoms with Gasteiger partial charge in [-0.25, -0.2) is 8.42 Å². The van der Waals surface area contributed by atoms with E-state index < -0.39 is 9.84 Å². The molecular formula is C6H13NO2S. The second kappa shape index (κ2) is 2.51. The molecule has 3 nitrogen and oxygen atoms in total. The summed E-state index contributed by atoms with van der Waals surface area (Å²) in [5.74, 6) is 0. The third kappa shape index (κ3) is 1.18. The lowest BCUT2D eigenvalue weighted by Crippen LogP contribution is -2.47. The Balaban J connectivity index is 2.84. The number of sulfone groups is 1.